The molecule has 0 aliphatic carbocycles. The van der Waals surface area contributed by atoms with Crippen molar-refractivity contribution in [2.24, 2.45) is 0 Å². The molecule has 1 aliphatic rings. The van der Waals surface area contributed by atoms with E-state index in [1.807, 2.05) is 0 Å². The highest BCUT2D eigenvalue weighted by atomic mass is 19.1. The summed E-state index contributed by atoms with van der Waals surface area (Å²) in [7, 11) is 0. The normalized spacial score (nSPS) is 16.9. The monoisotopic (exact) mass is 372 g/mol. The SMILES string of the molecule is Cc1cc(C(=O)N2CCNC[C@@H]2C(=O)Nc2ccc(F)cc2)c(=O)[nH]c1C. The van der Waals surface area contributed by atoms with Crippen LogP contribution in [0.1, 0.15) is 21.6 Å². The lowest BCUT2D eigenvalue weighted by Gasteiger charge is -2.35. The van der Waals surface area contributed by atoms with Gasteiger partial charge in [0.25, 0.3) is 11.5 Å². The highest BCUT2D eigenvalue weighted by Gasteiger charge is 2.33. The minimum atomic E-state index is -0.780. The Morgan fingerprint density at radius 2 is 1.93 bits per heavy atom. The van der Waals surface area contributed by atoms with Crippen molar-refractivity contribution in [3.63, 3.8) is 0 Å². The van der Waals surface area contributed by atoms with Crippen LogP contribution in [0.25, 0.3) is 0 Å². The summed E-state index contributed by atoms with van der Waals surface area (Å²) in [6, 6.07) is 6.15. The van der Waals surface area contributed by atoms with E-state index in [9.17, 15) is 18.8 Å². The number of aromatic amines is 1. The molecule has 0 radical (unpaired) electrons. The molecule has 7 nitrogen and oxygen atoms in total. The van der Waals surface area contributed by atoms with Gasteiger partial charge in [-0.15, -0.1) is 0 Å². The molecule has 1 saturated heterocycles. The second-order valence-electron chi connectivity index (χ2n) is 6.53. The van der Waals surface area contributed by atoms with Crippen LogP contribution >= 0.6 is 0 Å². The number of amides is 2. The first kappa shape index (κ1) is 18.8. The van der Waals surface area contributed by atoms with Crippen molar-refractivity contribution in [3.05, 3.63) is 63.3 Å². The molecule has 1 fully saturated rings. The van der Waals surface area contributed by atoms with Crippen molar-refractivity contribution in [2.45, 2.75) is 19.9 Å². The third-order valence-electron chi connectivity index (χ3n) is 4.65. The van der Waals surface area contributed by atoms with Gasteiger partial charge in [0.15, 0.2) is 0 Å². The summed E-state index contributed by atoms with van der Waals surface area (Å²) in [4.78, 5) is 41.9. The molecule has 8 heteroatoms. The molecule has 0 spiro atoms. The number of benzene rings is 1. The molecule has 1 aromatic heterocycles. The number of rotatable bonds is 3. The van der Waals surface area contributed by atoms with Crippen LogP contribution in [0.4, 0.5) is 10.1 Å². The maximum absolute atomic E-state index is 13.0. The zero-order chi connectivity index (χ0) is 19.6. The van der Waals surface area contributed by atoms with E-state index >= 15 is 0 Å². The second kappa shape index (κ2) is 7.71. The van der Waals surface area contributed by atoms with Crippen molar-refractivity contribution in [2.75, 3.05) is 25.0 Å². The Hall–Kier alpha value is -3.00. The van der Waals surface area contributed by atoms with Gasteiger partial charge in [-0.25, -0.2) is 4.39 Å². The molecule has 142 valence electrons. The van der Waals surface area contributed by atoms with Crippen LogP contribution in [0, 0.1) is 19.7 Å². The van der Waals surface area contributed by atoms with Crippen LogP contribution < -0.4 is 16.2 Å². The maximum Gasteiger partial charge on any atom is 0.261 e. The van der Waals surface area contributed by atoms with Crippen LogP contribution in [-0.4, -0.2) is 47.4 Å². The number of halogens is 1. The van der Waals surface area contributed by atoms with Crippen LogP contribution in [0.2, 0.25) is 0 Å². The van der Waals surface area contributed by atoms with E-state index in [0.717, 1.165) is 5.56 Å². The van der Waals surface area contributed by atoms with E-state index in [1.165, 1.54) is 29.2 Å². The van der Waals surface area contributed by atoms with Crippen LogP contribution in [0.3, 0.4) is 0 Å². The number of hydrogen-bond acceptors (Lipinski definition) is 4. The summed E-state index contributed by atoms with van der Waals surface area (Å²) in [5.74, 6) is -1.29. The Labute approximate surface area is 155 Å². The molecule has 3 N–H and O–H groups in total. The Kier molecular flexibility index (Phi) is 5.36. The minimum absolute atomic E-state index is 0.0135. The molecule has 3 rings (SSSR count). The van der Waals surface area contributed by atoms with Gasteiger partial charge in [0, 0.05) is 31.0 Å². The fraction of sp³-hybridized carbons (Fsp3) is 0.316. The summed E-state index contributed by atoms with van der Waals surface area (Å²) < 4.78 is 13.0. The zero-order valence-corrected chi connectivity index (χ0v) is 15.1. The Morgan fingerprint density at radius 3 is 2.63 bits per heavy atom. The smallest absolute Gasteiger partial charge is 0.261 e. The first-order chi connectivity index (χ1) is 12.9. The molecule has 0 unspecified atom stereocenters. The highest BCUT2D eigenvalue weighted by molar-refractivity contribution is 6.01. The van der Waals surface area contributed by atoms with Crippen LogP contribution in [0.15, 0.2) is 35.1 Å². The van der Waals surface area contributed by atoms with Gasteiger partial charge < -0.3 is 20.5 Å². The van der Waals surface area contributed by atoms with Crippen molar-refractivity contribution >= 4 is 17.5 Å². The Morgan fingerprint density at radius 1 is 1.22 bits per heavy atom. The van der Waals surface area contributed by atoms with Gasteiger partial charge in [-0.05, 0) is 49.7 Å². The van der Waals surface area contributed by atoms with Gasteiger partial charge in [-0.1, -0.05) is 0 Å². The van der Waals surface area contributed by atoms with Gasteiger partial charge in [-0.3, -0.25) is 14.4 Å². The van der Waals surface area contributed by atoms with Crippen molar-refractivity contribution in [3.8, 4) is 0 Å². The number of hydrogen-bond donors (Lipinski definition) is 3. The molecule has 0 saturated carbocycles. The Bertz CT molecular complexity index is 924. The number of nitrogens with one attached hydrogen (secondary N) is 3. The van der Waals surface area contributed by atoms with Crippen LogP contribution in [0.5, 0.6) is 0 Å². The predicted octanol–water partition coefficient (Wildman–Crippen LogP) is 1.18. The average Bonchev–Trinajstić information content (AvgIpc) is 2.66. The first-order valence-corrected chi connectivity index (χ1v) is 8.65. The van der Waals surface area contributed by atoms with Gasteiger partial charge in [0.1, 0.15) is 17.4 Å². The van der Waals surface area contributed by atoms with Crippen molar-refractivity contribution in [1.82, 2.24) is 15.2 Å². The molecule has 1 aromatic carbocycles. The molecule has 2 aromatic rings. The maximum atomic E-state index is 13.0. The highest BCUT2D eigenvalue weighted by Crippen LogP contribution is 2.14. The summed E-state index contributed by atoms with van der Waals surface area (Å²) in [6.45, 7) is 4.65. The topological polar surface area (TPSA) is 94.3 Å². The van der Waals surface area contributed by atoms with E-state index in [1.54, 1.807) is 19.9 Å². The fourth-order valence-electron chi connectivity index (χ4n) is 2.98. The lowest BCUT2D eigenvalue weighted by atomic mass is 10.1. The van der Waals surface area contributed by atoms with E-state index in [4.69, 9.17) is 0 Å². The standard InChI is InChI=1S/C19H21FN4O3/c1-11-9-15(17(25)22-12(11)2)19(27)24-8-7-21-10-16(24)18(26)23-14-5-3-13(20)4-6-14/h3-6,9,16,21H,7-8,10H2,1-2H3,(H,22,25)(H,23,26)/t16-/m1/s1. The Balaban J connectivity index is 1.83. The number of piperazine rings is 1. The summed E-state index contributed by atoms with van der Waals surface area (Å²) in [6.07, 6.45) is 0. The number of anilines is 1. The minimum Gasteiger partial charge on any atom is -0.326 e. The summed E-state index contributed by atoms with van der Waals surface area (Å²) in [5.41, 5.74) is 1.46. The molecule has 0 bridgehead atoms. The van der Waals surface area contributed by atoms with E-state index < -0.39 is 29.2 Å². The number of aryl methyl sites for hydroxylation is 2. The number of aromatic nitrogens is 1. The third kappa shape index (κ3) is 4.06. The number of pyridine rings is 1. The largest absolute Gasteiger partial charge is 0.326 e. The fourth-order valence-corrected chi connectivity index (χ4v) is 2.98. The van der Waals surface area contributed by atoms with Gasteiger partial charge in [0.2, 0.25) is 5.91 Å². The van der Waals surface area contributed by atoms with E-state index in [-0.39, 0.29) is 12.1 Å². The molecule has 1 aliphatic heterocycles. The quantitative estimate of drug-likeness (QED) is 0.754. The summed E-state index contributed by atoms with van der Waals surface area (Å²) in [5, 5.41) is 5.77. The first-order valence-electron chi connectivity index (χ1n) is 8.65. The molecule has 1 atom stereocenters. The lowest BCUT2D eigenvalue weighted by Crippen LogP contribution is -2.58. The predicted molar refractivity (Wildman–Crippen MR) is 99.3 cm³/mol. The lowest BCUT2D eigenvalue weighted by molar-refractivity contribution is -0.121. The van der Waals surface area contributed by atoms with Crippen molar-refractivity contribution in [1.29, 1.82) is 0 Å². The van der Waals surface area contributed by atoms with E-state index in [0.29, 0.717) is 24.5 Å². The number of carbonyl (C=O) groups excluding carboxylic acids is 2. The number of nitrogens with zero attached hydrogens (tertiary/aromatic N) is 1. The summed E-state index contributed by atoms with van der Waals surface area (Å²) >= 11 is 0. The van der Waals surface area contributed by atoms with Gasteiger partial charge >= 0.3 is 0 Å². The van der Waals surface area contributed by atoms with E-state index in [2.05, 4.69) is 15.6 Å². The number of carbonyl (C=O) groups is 2. The van der Waals surface area contributed by atoms with Crippen molar-refractivity contribution < 1.29 is 14.0 Å². The number of H-pyrrole nitrogens is 1. The molecular weight excluding hydrogens is 351 g/mol. The average molecular weight is 372 g/mol. The molecule has 2 amide bonds. The van der Waals surface area contributed by atoms with Crippen LogP contribution in [-0.2, 0) is 4.79 Å². The second-order valence-corrected chi connectivity index (χ2v) is 6.53. The third-order valence-corrected chi connectivity index (χ3v) is 4.65. The molecular formula is C19H21FN4O3. The van der Waals surface area contributed by atoms with Gasteiger partial charge in [0.05, 0.1) is 0 Å². The van der Waals surface area contributed by atoms with Gasteiger partial charge in [-0.2, -0.15) is 0 Å². The zero-order valence-electron chi connectivity index (χ0n) is 15.1. The molecule has 2 heterocycles. The molecule has 27 heavy (non-hydrogen) atoms.